The highest BCUT2D eigenvalue weighted by molar-refractivity contribution is 6.07. The molecule has 0 saturated heterocycles. The van der Waals surface area contributed by atoms with Crippen molar-refractivity contribution in [1.29, 1.82) is 0 Å². The maximum Gasteiger partial charge on any atom is 0.258 e. The first-order valence-corrected chi connectivity index (χ1v) is 7.91. The fraction of sp³-hybridized carbons (Fsp3) is 0.222. The van der Waals surface area contributed by atoms with Gasteiger partial charge in [0.15, 0.2) is 11.5 Å². The molecule has 0 spiro atoms. The molecule has 0 unspecified atom stereocenters. The number of anilines is 1. The molecule has 3 aromatic rings. The highest BCUT2D eigenvalue weighted by Gasteiger charge is 2.19. The number of amides is 1. The predicted octanol–water partition coefficient (Wildman–Crippen LogP) is 2.55. The largest absolute Gasteiger partial charge is 0.493 e. The smallest absolute Gasteiger partial charge is 0.258 e. The highest BCUT2D eigenvalue weighted by atomic mass is 16.5. The van der Waals surface area contributed by atoms with E-state index in [2.05, 4.69) is 20.8 Å². The van der Waals surface area contributed by atoms with Crippen LogP contribution in [0.2, 0.25) is 0 Å². The van der Waals surface area contributed by atoms with E-state index in [4.69, 9.17) is 9.47 Å². The van der Waals surface area contributed by atoms with E-state index in [0.717, 1.165) is 16.8 Å². The lowest BCUT2D eigenvalue weighted by Crippen LogP contribution is -2.16. The maximum absolute atomic E-state index is 13.0. The molecule has 26 heavy (non-hydrogen) atoms. The fourth-order valence-electron chi connectivity index (χ4n) is 2.57. The zero-order chi connectivity index (χ0) is 18.7. The molecule has 1 heterocycles. The van der Waals surface area contributed by atoms with Gasteiger partial charge in [-0.25, -0.2) is 0 Å². The molecule has 1 aromatic heterocycles. The summed E-state index contributed by atoms with van der Waals surface area (Å²) in [6, 6.07) is 9.14. The Morgan fingerprint density at radius 1 is 1.08 bits per heavy atom. The molecule has 0 aliphatic rings. The molecule has 134 valence electrons. The number of carbonyl (C=O) groups excluding carboxylic acids is 1. The van der Waals surface area contributed by atoms with Crippen molar-refractivity contribution in [3.05, 3.63) is 53.3 Å². The summed E-state index contributed by atoms with van der Waals surface area (Å²) in [5.74, 6) is 0.613. The lowest BCUT2D eigenvalue weighted by Gasteiger charge is -2.15. The minimum atomic E-state index is -0.301. The van der Waals surface area contributed by atoms with Crippen LogP contribution in [-0.4, -0.2) is 40.3 Å². The van der Waals surface area contributed by atoms with Crippen LogP contribution in [0.1, 0.15) is 21.5 Å². The highest BCUT2D eigenvalue weighted by Crippen LogP contribution is 2.32. The molecule has 2 aromatic carbocycles. The van der Waals surface area contributed by atoms with Gasteiger partial charge in [0.25, 0.3) is 5.91 Å². The van der Waals surface area contributed by atoms with Crippen LogP contribution in [-0.2, 0) is 0 Å². The van der Waals surface area contributed by atoms with Crippen molar-refractivity contribution in [3.63, 3.8) is 0 Å². The molecule has 0 radical (unpaired) electrons. The Morgan fingerprint density at radius 2 is 1.81 bits per heavy atom. The first kappa shape index (κ1) is 17.4. The minimum absolute atomic E-state index is 0.301. The molecular formula is C18H19N5O3. The zero-order valence-electron chi connectivity index (χ0n) is 15.0. The molecule has 1 N–H and O–H groups in total. The summed E-state index contributed by atoms with van der Waals surface area (Å²) in [6.07, 6.45) is 1.41. The lowest BCUT2D eigenvalue weighted by atomic mass is 10.1. The van der Waals surface area contributed by atoms with E-state index >= 15 is 0 Å². The Labute approximate surface area is 150 Å². The number of nitrogens with one attached hydrogen (secondary N) is 1. The Hall–Kier alpha value is -3.42. The van der Waals surface area contributed by atoms with Crippen molar-refractivity contribution in [1.82, 2.24) is 20.2 Å². The third-order valence-corrected chi connectivity index (χ3v) is 3.98. The van der Waals surface area contributed by atoms with Crippen LogP contribution >= 0.6 is 0 Å². The van der Waals surface area contributed by atoms with Crippen molar-refractivity contribution in [2.24, 2.45) is 0 Å². The van der Waals surface area contributed by atoms with Crippen LogP contribution in [0.15, 0.2) is 36.7 Å². The van der Waals surface area contributed by atoms with Gasteiger partial charge < -0.3 is 14.8 Å². The Bertz CT molecular complexity index is 938. The Balaban J connectivity index is 2.07. The van der Waals surface area contributed by atoms with E-state index in [0.29, 0.717) is 22.7 Å². The van der Waals surface area contributed by atoms with Crippen LogP contribution < -0.4 is 14.8 Å². The third-order valence-electron chi connectivity index (χ3n) is 3.98. The van der Waals surface area contributed by atoms with Crippen molar-refractivity contribution >= 4 is 11.6 Å². The van der Waals surface area contributed by atoms with Crippen LogP contribution in [0.5, 0.6) is 11.5 Å². The number of hydrogen-bond donors (Lipinski definition) is 1. The van der Waals surface area contributed by atoms with E-state index in [1.807, 2.05) is 32.0 Å². The Morgan fingerprint density at radius 3 is 2.46 bits per heavy atom. The molecule has 8 heteroatoms. The number of rotatable bonds is 5. The van der Waals surface area contributed by atoms with Gasteiger partial charge >= 0.3 is 0 Å². The van der Waals surface area contributed by atoms with Gasteiger partial charge in [-0.2, -0.15) is 4.68 Å². The van der Waals surface area contributed by atoms with Gasteiger partial charge in [0.05, 0.1) is 25.5 Å². The molecule has 3 rings (SSSR count). The van der Waals surface area contributed by atoms with Gasteiger partial charge in [-0.3, -0.25) is 4.79 Å². The summed E-state index contributed by atoms with van der Waals surface area (Å²) in [5.41, 5.74) is 3.60. The van der Waals surface area contributed by atoms with Crippen molar-refractivity contribution < 1.29 is 14.3 Å². The summed E-state index contributed by atoms with van der Waals surface area (Å²) in [5, 5.41) is 14.1. The predicted molar refractivity (Wildman–Crippen MR) is 96.1 cm³/mol. The molecule has 0 fully saturated rings. The van der Waals surface area contributed by atoms with Crippen LogP contribution in [0.25, 0.3) is 5.69 Å². The van der Waals surface area contributed by atoms with Crippen molar-refractivity contribution in [2.75, 3.05) is 19.5 Å². The average molecular weight is 353 g/mol. The molecule has 0 bridgehead atoms. The van der Waals surface area contributed by atoms with E-state index in [9.17, 15) is 4.79 Å². The molecule has 0 aliphatic heterocycles. The number of aromatic nitrogens is 4. The van der Waals surface area contributed by atoms with Crippen molar-refractivity contribution in [2.45, 2.75) is 13.8 Å². The summed E-state index contributed by atoms with van der Waals surface area (Å²) < 4.78 is 12.1. The van der Waals surface area contributed by atoms with E-state index in [1.165, 1.54) is 25.2 Å². The van der Waals surface area contributed by atoms with Gasteiger partial charge in [0.1, 0.15) is 6.33 Å². The summed E-state index contributed by atoms with van der Waals surface area (Å²) in [6.45, 7) is 3.91. The number of hydrogen-bond acceptors (Lipinski definition) is 6. The first-order valence-electron chi connectivity index (χ1n) is 7.91. The second-order valence-corrected chi connectivity index (χ2v) is 5.75. The number of tetrazole rings is 1. The number of carbonyl (C=O) groups is 1. The van der Waals surface area contributed by atoms with Gasteiger partial charge in [-0.15, -0.1) is 5.10 Å². The van der Waals surface area contributed by atoms with Crippen LogP contribution in [0, 0.1) is 13.8 Å². The summed E-state index contributed by atoms with van der Waals surface area (Å²) in [7, 11) is 3.04. The number of aryl methyl sites for hydroxylation is 2. The first-order chi connectivity index (χ1) is 12.5. The number of ether oxygens (including phenoxy) is 2. The van der Waals surface area contributed by atoms with Crippen LogP contribution in [0.3, 0.4) is 0 Å². The second-order valence-electron chi connectivity index (χ2n) is 5.75. The Kier molecular flexibility index (Phi) is 4.83. The van der Waals surface area contributed by atoms with E-state index in [-0.39, 0.29) is 5.91 Å². The molecule has 0 aliphatic carbocycles. The minimum Gasteiger partial charge on any atom is -0.493 e. The van der Waals surface area contributed by atoms with Gasteiger partial charge in [0, 0.05) is 11.8 Å². The quantitative estimate of drug-likeness (QED) is 0.758. The maximum atomic E-state index is 13.0. The van der Waals surface area contributed by atoms with E-state index in [1.54, 1.807) is 12.1 Å². The normalized spacial score (nSPS) is 10.5. The molecule has 8 nitrogen and oxygen atoms in total. The monoisotopic (exact) mass is 353 g/mol. The molecule has 1 amide bonds. The standard InChI is InChI=1S/C18H19N5O3/c1-11-5-6-12(2)14(7-11)20-18(24)13-8-16(25-3)17(26-4)9-15(13)23-10-19-21-22-23/h5-10H,1-4H3,(H,20,24). The number of nitrogens with zero attached hydrogens (tertiary/aromatic N) is 4. The van der Waals surface area contributed by atoms with Gasteiger partial charge in [-0.05, 0) is 47.5 Å². The van der Waals surface area contributed by atoms with Crippen molar-refractivity contribution in [3.8, 4) is 17.2 Å². The molecule has 0 saturated carbocycles. The molecule has 0 atom stereocenters. The van der Waals surface area contributed by atoms with Gasteiger partial charge in [0.2, 0.25) is 0 Å². The summed E-state index contributed by atoms with van der Waals surface area (Å²) >= 11 is 0. The van der Waals surface area contributed by atoms with Crippen LogP contribution in [0.4, 0.5) is 5.69 Å². The van der Waals surface area contributed by atoms with Gasteiger partial charge in [-0.1, -0.05) is 12.1 Å². The molecular weight excluding hydrogens is 334 g/mol. The fourth-order valence-corrected chi connectivity index (χ4v) is 2.57. The SMILES string of the molecule is COc1cc(C(=O)Nc2cc(C)ccc2C)c(-n2cnnn2)cc1OC. The van der Waals surface area contributed by atoms with E-state index < -0.39 is 0 Å². The number of benzene rings is 2. The topological polar surface area (TPSA) is 91.2 Å². The zero-order valence-corrected chi connectivity index (χ0v) is 15.0. The summed E-state index contributed by atoms with van der Waals surface area (Å²) in [4.78, 5) is 13.0. The number of methoxy groups -OCH3 is 2. The average Bonchev–Trinajstić information content (AvgIpc) is 3.18. The second kappa shape index (κ2) is 7.22. The third kappa shape index (κ3) is 3.34. The lowest BCUT2D eigenvalue weighted by molar-refractivity contribution is 0.102.